The van der Waals surface area contributed by atoms with E-state index in [0.717, 1.165) is 39.7 Å². The van der Waals surface area contributed by atoms with Crippen molar-refractivity contribution in [2.45, 2.75) is 61.8 Å². The average molecular weight is 419 g/mol. The molecule has 1 aliphatic carbocycles. The number of H-pyrrole nitrogens is 1. The lowest BCUT2D eigenvalue weighted by molar-refractivity contribution is -0.114. The number of ketones is 1. The summed E-state index contributed by atoms with van der Waals surface area (Å²) >= 11 is 0. The second-order valence-corrected chi connectivity index (χ2v) is 10.4. The Morgan fingerprint density at radius 3 is 1.87 bits per heavy atom. The van der Waals surface area contributed by atoms with Crippen LogP contribution in [0.1, 0.15) is 60.5 Å². The van der Waals surface area contributed by atoms with E-state index in [1.807, 2.05) is 97.9 Å². The van der Waals surface area contributed by atoms with Crippen molar-refractivity contribution < 1.29 is 4.79 Å². The van der Waals surface area contributed by atoms with Crippen LogP contribution in [0.2, 0.25) is 0 Å². The molecule has 0 spiro atoms. The Balaban J connectivity index is 2.46. The molecule has 0 amide bonds. The Kier molecular flexibility index (Phi) is 5.88. The van der Waals surface area contributed by atoms with Crippen LogP contribution in [-0.2, 0) is 4.79 Å². The van der Waals surface area contributed by atoms with Gasteiger partial charge in [-0.2, -0.15) is 0 Å². The monoisotopic (exact) mass is 418 g/mol. The summed E-state index contributed by atoms with van der Waals surface area (Å²) in [5, 5.41) is 4.68. The standard InChI is InChI=1S/C27H34N2O2/c1-9-10-22-23(25(31)29(28-22)19-13-11-17(2)12-14-19)18-15-20(26(3,4)5)24(30)21(16-18)27(6,7)8/h10-16,28H,9H2,1-8H3. The highest BCUT2D eigenvalue weighted by Crippen LogP contribution is 2.38. The highest BCUT2D eigenvalue weighted by Gasteiger charge is 2.34. The molecule has 1 aromatic heterocycles. The number of aromatic nitrogens is 2. The molecule has 0 fully saturated rings. The topological polar surface area (TPSA) is 54.9 Å². The Hall–Kier alpha value is -2.88. The number of allylic oxidation sites excluding steroid dienone is 4. The molecule has 31 heavy (non-hydrogen) atoms. The van der Waals surface area contributed by atoms with E-state index in [1.54, 1.807) is 4.68 Å². The van der Waals surface area contributed by atoms with Crippen molar-refractivity contribution in [3.63, 3.8) is 0 Å². The normalized spacial score (nSPS) is 15.9. The van der Waals surface area contributed by atoms with Crippen LogP contribution in [0.25, 0.3) is 17.3 Å². The molecule has 0 unspecified atom stereocenters. The number of aromatic amines is 1. The van der Waals surface area contributed by atoms with E-state index in [2.05, 4.69) is 5.10 Å². The maximum Gasteiger partial charge on any atom is 0.279 e. The summed E-state index contributed by atoms with van der Waals surface area (Å²) in [6.07, 6.45) is 6.64. The van der Waals surface area contributed by atoms with Gasteiger partial charge in [0.05, 0.1) is 16.3 Å². The number of nitrogens with one attached hydrogen (secondary N) is 1. The van der Waals surface area contributed by atoms with Crippen LogP contribution in [-0.4, -0.2) is 15.6 Å². The predicted octanol–water partition coefficient (Wildman–Crippen LogP) is 4.34. The first-order chi connectivity index (χ1) is 14.3. The third-order valence-electron chi connectivity index (χ3n) is 5.61. The average Bonchev–Trinajstić information content (AvgIpc) is 2.97. The SMILES string of the molecule is CCC=c1[nH]n(-c2ccc(C)cc2)c(=O)c1=C1C=C(C(C)(C)C)C(=O)C(C(C)(C)C)=C1. The molecule has 1 N–H and O–H groups in total. The van der Waals surface area contributed by atoms with Crippen LogP contribution in [0.5, 0.6) is 0 Å². The molecule has 2 aromatic rings. The van der Waals surface area contributed by atoms with Gasteiger partial charge in [0.15, 0.2) is 5.78 Å². The Bertz CT molecular complexity index is 1210. The highest BCUT2D eigenvalue weighted by atomic mass is 16.1. The van der Waals surface area contributed by atoms with Gasteiger partial charge in [0.1, 0.15) is 0 Å². The van der Waals surface area contributed by atoms with E-state index < -0.39 is 0 Å². The maximum absolute atomic E-state index is 13.6. The number of aryl methyl sites for hydroxylation is 1. The fourth-order valence-electron chi connectivity index (χ4n) is 3.85. The Labute approximate surface area is 184 Å². The van der Waals surface area contributed by atoms with Gasteiger partial charge in [0.25, 0.3) is 5.56 Å². The minimum Gasteiger partial charge on any atom is -0.291 e. The van der Waals surface area contributed by atoms with Gasteiger partial charge in [-0.25, -0.2) is 4.68 Å². The number of carbonyl (C=O) groups excluding carboxylic acids is 1. The van der Waals surface area contributed by atoms with Gasteiger partial charge in [0, 0.05) is 11.1 Å². The van der Waals surface area contributed by atoms with Gasteiger partial charge < -0.3 is 0 Å². The number of hydrogen-bond donors (Lipinski definition) is 1. The van der Waals surface area contributed by atoms with Crippen LogP contribution in [0.4, 0.5) is 0 Å². The van der Waals surface area contributed by atoms with Crippen LogP contribution in [0, 0.1) is 17.8 Å². The summed E-state index contributed by atoms with van der Waals surface area (Å²) in [6, 6.07) is 7.86. The third kappa shape index (κ3) is 4.43. The minimum atomic E-state index is -0.325. The second kappa shape index (κ2) is 7.99. The fraction of sp³-hybridized carbons (Fsp3) is 0.407. The third-order valence-corrected chi connectivity index (χ3v) is 5.61. The summed E-state index contributed by atoms with van der Waals surface area (Å²) in [5.74, 6) is 0.0687. The first kappa shape index (κ1) is 22.8. The van der Waals surface area contributed by atoms with E-state index in [4.69, 9.17) is 0 Å². The number of nitrogens with zero attached hydrogens (tertiary/aromatic N) is 1. The molecule has 0 aliphatic heterocycles. The van der Waals surface area contributed by atoms with Crippen LogP contribution in [0.15, 0.2) is 52.4 Å². The molecular weight excluding hydrogens is 384 g/mol. The van der Waals surface area contributed by atoms with Gasteiger partial charge >= 0.3 is 0 Å². The first-order valence-electron chi connectivity index (χ1n) is 11.0. The van der Waals surface area contributed by atoms with E-state index >= 15 is 0 Å². The van der Waals surface area contributed by atoms with Crippen molar-refractivity contribution >= 4 is 17.4 Å². The molecule has 0 saturated carbocycles. The lowest BCUT2D eigenvalue weighted by atomic mass is 9.72. The van der Waals surface area contributed by atoms with E-state index in [9.17, 15) is 9.59 Å². The van der Waals surface area contributed by atoms with Crippen molar-refractivity contribution in [1.29, 1.82) is 0 Å². The van der Waals surface area contributed by atoms with Gasteiger partial charge in [-0.1, -0.05) is 72.2 Å². The molecule has 3 rings (SSSR count). The van der Waals surface area contributed by atoms with Crippen LogP contribution < -0.4 is 16.1 Å². The van der Waals surface area contributed by atoms with Gasteiger partial charge in [-0.05, 0) is 54.0 Å². The Morgan fingerprint density at radius 2 is 1.42 bits per heavy atom. The van der Waals surface area contributed by atoms with Crippen LogP contribution >= 0.6 is 0 Å². The fourth-order valence-corrected chi connectivity index (χ4v) is 3.85. The van der Waals surface area contributed by atoms with Crippen LogP contribution in [0.3, 0.4) is 0 Å². The smallest absolute Gasteiger partial charge is 0.279 e. The molecule has 0 saturated heterocycles. The lowest BCUT2D eigenvalue weighted by Gasteiger charge is -2.31. The molecule has 4 nitrogen and oxygen atoms in total. The van der Waals surface area contributed by atoms with E-state index in [-0.39, 0.29) is 22.2 Å². The van der Waals surface area contributed by atoms with Crippen molar-refractivity contribution in [1.82, 2.24) is 9.78 Å². The van der Waals surface area contributed by atoms with Crippen molar-refractivity contribution in [2.24, 2.45) is 10.8 Å². The van der Waals surface area contributed by atoms with Gasteiger partial charge in [-0.15, -0.1) is 0 Å². The van der Waals surface area contributed by atoms with E-state index in [1.165, 1.54) is 0 Å². The molecule has 1 heterocycles. The van der Waals surface area contributed by atoms with Crippen molar-refractivity contribution in [3.05, 3.63) is 74.0 Å². The molecule has 0 radical (unpaired) electrons. The highest BCUT2D eigenvalue weighted by molar-refractivity contribution is 6.14. The molecule has 1 aromatic carbocycles. The number of carbonyl (C=O) groups is 1. The maximum atomic E-state index is 13.6. The van der Waals surface area contributed by atoms with Crippen molar-refractivity contribution in [2.75, 3.05) is 0 Å². The number of hydrogen-bond acceptors (Lipinski definition) is 2. The summed E-state index contributed by atoms with van der Waals surface area (Å²) in [7, 11) is 0. The largest absolute Gasteiger partial charge is 0.291 e. The summed E-state index contributed by atoms with van der Waals surface area (Å²) in [6.45, 7) is 16.3. The Morgan fingerprint density at radius 1 is 0.903 bits per heavy atom. The quantitative estimate of drug-likeness (QED) is 0.789. The molecular formula is C27H34N2O2. The first-order valence-corrected chi connectivity index (χ1v) is 11.0. The van der Waals surface area contributed by atoms with Gasteiger partial charge in [-0.3, -0.25) is 14.7 Å². The number of benzene rings is 1. The van der Waals surface area contributed by atoms with Gasteiger partial charge in [0.2, 0.25) is 0 Å². The van der Waals surface area contributed by atoms with E-state index in [0.29, 0.717) is 5.22 Å². The molecule has 1 aliphatic rings. The minimum absolute atomic E-state index is 0.0687. The molecule has 0 bridgehead atoms. The zero-order valence-corrected chi connectivity index (χ0v) is 20.0. The number of rotatable bonds is 2. The summed E-state index contributed by atoms with van der Waals surface area (Å²) < 4.78 is 1.59. The molecule has 4 heteroatoms. The summed E-state index contributed by atoms with van der Waals surface area (Å²) in [5.41, 5.74) is 3.44. The number of Topliss-reactive ketones (excluding diaryl/α,β-unsaturated/α-hetero) is 1. The van der Waals surface area contributed by atoms with Crippen molar-refractivity contribution in [3.8, 4) is 5.69 Å². The molecule has 0 atom stereocenters. The predicted molar refractivity (Wildman–Crippen MR) is 129 cm³/mol. The zero-order valence-electron chi connectivity index (χ0n) is 20.0. The zero-order chi connectivity index (χ0) is 23.1. The second-order valence-electron chi connectivity index (χ2n) is 10.4. The summed E-state index contributed by atoms with van der Waals surface area (Å²) in [4.78, 5) is 26.9. The molecule has 164 valence electrons. The lowest BCUT2D eigenvalue weighted by Crippen LogP contribution is -2.38.